The SMILES string of the molecule is COCc1ccc(CNC(=O)Cc2[nH]nc3ccccc23)cc1. The van der Waals surface area contributed by atoms with Gasteiger partial charge in [-0.15, -0.1) is 0 Å². The Bertz CT molecular complexity index is 793. The number of amides is 1. The summed E-state index contributed by atoms with van der Waals surface area (Å²) in [5.41, 5.74) is 3.90. The second-order valence-electron chi connectivity index (χ2n) is 5.42. The van der Waals surface area contributed by atoms with Crippen LogP contribution in [-0.4, -0.2) is 23.2 Å². The van der Waals surface area contributed by atoms with E-state index in [2.05, 4.69) is 15.5 Å². The molecule has 0 aliphatic rings. The highest BCUT2D eigenvalue weighted by atomic mass is 16.5. The highest BCUT2D eigenvalue weighted by Gasteiger charge is 2.09. The maximum atomic E-state index is 12.1. The van der Waals surface area contributed by atoms with E-state index in [1.807, 2.05) is 48.5 Å². The molecule has 1 heterocycles. The van der Waals surface area contributed by atoms with Gasteiger partial charge in [-0.2, -0.15) is 5.10 Å². The molecule has 0 radical (unpaired) electrons. The molecular weight excluding hydrogens is 290 g/mol. The van der Waals surface area contributed by atoms with Crippen LogP contribution in [-0.2, 0) is 29.1 Å². The number of methoxy groups -OCH3 is 1. The van der Waals surface area contributed by atoms with Crippen molar-refractivity contribution in [1.29, 1.82) is 0 Å². The zero-order valence-corrected chi connectivity index (χ0v) is 13.0. The topological polar surface area (TPSA) is 67.0 Å². The minimum absolute atomic E-state index is 0.0274. The summed E-state index contributed by atoms with van der Waals surface area (Å²) in [5.74, 6) is -0.0274. The Morgan fingerprint density at radius 3 is 2.65 bits per heavy atom. The van der Waals surface area contributed by atoms with E-state index in [0.29, 0.717) is 19.6 Å². The number of aromatic nitrogens is 2. The third-order valence-electron chi connectivity index (χ3n) is 3.70. The summed E-state index contributed by atoms with van der Waals surface area (Å²) < 4.78 is 5.08. The number of benzene rings is 2. The Balaban J connectivity index is 1.57. The molecule has 0 aliphatic carbocycles. The molecule has 23 heavy (non-hydrogen) atoms. The fourth-order valence-corrected chi connectivity index (χ4v) is 2.49. The van der Waals surface area contributed by atoms with Gasteiger partial charge in [0.05, 0.1) is 24.2 Å². The average molecular weight is 309 g/mol. The van der Waals surface area contributed by atoms with Crippen molar-refractivity contribution in [3.8, 4) is 0 Å². The molecule has 3 rings (SSSR count). The Kier molecular flexibility index (Phi) is 4.68. The number of H-pyrrole nitrogens is 1. The first-order chi connectivity index (χ1) is 11.3. The van der Waals surface area contributed by atoms with Crippen LogP contribution in [0.4, 0.5) is 0 Å². The number of hydrogen-bond donors (Lipinski definition) is 2. The minimum atomic E-state index is -0.0274. The first kappa shape index (κ1) is 15.2. The maximum Gasteiger partial charge on any atom is 0.226 e. The molecule has 0 atom stereocenters. The standard InChI is InChI=1S/C18H19N3O2/c1-23-12-14-8-6-13(7-9-14)11-19-18(22)10-17-15-4-2-3-5-16(15)20-21-17/h2-9H,10-12H2,1H3,(H,19,22)(H,20,21). The molecule has 0 unspecified atom stereocenters. The number of nitrogens with one attached hydrogen (secondary N) is 2. The molecule has 1 aromatic heterocycles. The molecule has 5 heteroatoms. The van der Waals surface area contributed by atoms with E-state index in [9.17, 15) is 4.79 Å². The summed E-state index contributed by atoms with van der Waals surface area (Å²) in [4.78, 5) is 12.1. The molecule has 2 N–H and O–H groups in total. The minimum Gasteiger partial charge on any atom is -0.380 e. The van der Waals surface area contributed by atoms with Crippen molar-refractivity contribution in [2.75, 3.05) is 7.11 Å². The van der Waals surface area contributed by atoms with Crippen LogP contribution >= 0.6 is 0 Å². The van der Waals surface area contributed by atoms with Crippen molar-refractivity contribution >= 4 is 16.8 Å². The number of nitrogens with zero attached hydrogens (tertiary/aromatic N) is 1. The van der Waals surface area contributed by atoms with Gasteiger partial charge in [0, 0.05) is 19.0 Å². The Hall–Kier alpha value is -2.66. The largest absolute Gasteiger partial charge is 0.380 e. The summed E-state index contributed by atoms with van der Waals surface area (Å²) >= 11 is 0. The molecule has 118 valence electrons. The van der Waals surface area contributed by atoms with Crippen LogP contribution in [0.15, 0.2) is 48.5 Å². The van der Waals surface area contributed by atoms with Crippen LogP contribution in [0.25, 0.3) is 10.9 Å². The fraction of sp³-hybridized carbons (Fsp3) is 0.222. The molecule has 0 saturated heterocycles. The molecule has 0 spiro atoms. The smallest absolute Gasteiger partial charge is 0.226 e. The van der Waals surface area contributed by atoms with Crippen molar-refractivity contribution in [3.05, 3.63) is 65.4 Å². The zero-order chi connectivity index (χ0) is 16.1. The normalized spacial score (nSPS) is 10.8. The molecule has 0 bridgehead atoms. The lowest BCUT2D eigenvalue weighted by Gasteiger charge is -2.06. The van der Waals surface area contributed by atoms with Crippen molar-refractivity contribution in [3.63, 3.8) is 0 Å². The van der Waals surface area contributed by atoms with Crippen LogP contribution in [0, 0.1) is 0 Å². The van der Waals surface area contributed by atoms with Gasteiger partial charge in [0.1, 0.15) is 0 Å². The molecular formula is C18H19N3O2. The quantitative estimate of drug-likeness (QED) is 0.735. The summed E-state index contributed by atoms with van der Waals surface area (Å²) in [7, 11) is 1.67. The van der Waals surface area contributed by atoms with Crippen LogP contribution in [0.3, 0.4) is 0 Å². The van der Waals surface area contributed by atoms with E-state index in [1.54, 1.807) is 7.11 Å². The van der Waals surface area contributed by atoms with E-state index >= 15 is 0 Å². The van der Waals surface area contributed by atoms with E-state index in [0.717, 1.165) is 27.7 Å². The summed E-state index contributed by atoms with van der Waals surface area (Å²) in [6, 6.07) is 15.8. The first-order valence-electron chi connectivity index (χ1n) is 7.51. The van der Waals surface area contributed by atoms with Gasteiger partial charge in [0.15, 0.2) is 0 Å². The Labute approximate surface area is 134 Å². The van der Waals surface area contributed by atoms with Gasteiger partial charge in [-0.05, 0) is 17.2 Å². The van der Waals surface area contributed by atoms with Gasteiger partial charge >= 0.3 is 0 Å². The average Bonchev–Trinajstić information content (AvgIpc) is 2.98. The van der Waals surface area contributed by atoms with Gasteiger partial charge in [0.2, 0.25) is 5.91 Å². The Morgan fingerprint density at radius 2 is 1.87 bits per heavy atom. The maximum absolute atomic E-state index is 12.1. The van der Waals surface area contributed by atoms with Crippen molar-refractivity contribution in [2.24, 2.45) is 0 Å². The first-order valence-corrected chi connectivity index (χ1v) is 7.51. The molecule has 2 aromatic carbocycles. The zero-order valence-electron chi connectivity index (χ0n) is 13.0. The van der Waals surface area contributed by atoms with Gasteiger partial charge in [0.25, 0.3) is 0 Å². The highest BCUT2D eigenvalue weighted by molar-refractivity contribution is 5.87. The van der Waals surface area contributed by atoms with Gasteiger partial charge in [-0.3, -0.25) is 9.89 Å². The molecule has 3 aromatic rings. The lowest BCUT2D eigenvalue weighted by molar-refractivity contribution is -0.120. The van der Waals surface area contributed by atoms with E-state index in [4.69, 9.17) is 4.74 Å². The molecule has 0 aliphatic heterocycles. The highest BCUT2D eigenvalue weighted by Crippen LogP contribution is 2.15. The van der Waals surface area contributed by atoms with Gasteiger partial charge in [-0.25, -0.2) is 0 Å². The summed E-state index contributed by atoms with van der Waals surface area (Å²) in [5, 5.41) is 11.1. The van der Waals surface area contributed by atoms with E-state index < -0.39 is 0 Å². The van der Waals surface area contributed by atoms with E-state index in [-0.39, 0.29) is 5.91 Å². The monoisotopic (exact) mass is 309 g/mol. The van der Waals surface area contributed by atoms with E-state index in [1.165, 1.54) is 0 Å². The second-order valence-corrected chi connectivity index (χ2v) is 5.42. The second kappa shape index (κ2) is 7.07. The number of para-hydroxylation sites is 1. The summed E-state index contributed by atoms with van der Waals surface area (Å²) in [6.07, 6.45) is 0.294. The molecule has 0 saturated carbocycles. The molecule has 5 nitrogen and oxygen atoms in total. The number of fused-ring (bicyclic) bond motifs is 1. The number of carbonyl (C=O) groups is 1. The van der Waals surface area contributed by atoms with Crippen LogP contribution in [0.5, 0.6) is 0 Å². The predicted molar refractivity (Wildman–Crippen MR) is 88.8 cm³/mol. The summed E-state index contributed by atoms with van der Waals surface area (Å²) in [6.45, 7) is 1.11. The van der Waals surface area contributed by atoms with Crippen LogP contribution < -0.4 is 5.32 Å². The third kappa shape index (κ3) is 3.76. The number of rotatable bonds is 6. The third-order valence-corrected chi connectivity index (χ3v) is 3.70. The lowest BCUT2D eigenvalue weighted by Crippen LogP contribution is -2.24. The van der Waals surface area contributed by atoms with Crippen molar-refractivity contribution in [1.82, 2.24) is 15.5 Å². The molecule has 0 fully saturated rings. The van der Waals surface area contributed by atoms with Gasteiger partial charge in [-0.1, -0.05) is 42.5 Å². The van der Waals surface area contributed by atoms with Crippen LogP contribution in [0.2, 0.25) is 0 Å². The van der Waals surface area contributed by atoms with Crippen molar-refractivity contribution < 1.29 is 9.53 Å². The molecule has 1 amide bonds. The van der Waals surface area contributed by atoms with Crippen LogP contribution in [0.1, 0.15) is 16.8 Å². The lowest BCUT2D eigenvalue weighted by atomic mass is 10.1. The number of ether oxygens (including phenoxy) is 1. The number of aromatic amines is 1. The Morgan fingerprint density at radius 1 is 1.13 bits per heavy atom. The van der Waals surface area contributed by atoms with Crippen molar-refractivity contribution in [2.45, 2.75) is 19.6 Å². The van der Waals surface area contributed by atoms with Gasteiger partial charge < -0.3 is 10.1 Å². The predicted octanol–water partition coefficient (Wildman–Crippen LogP) is 2.57. The fourth-order valence-electron chi connectivity index (χ4n) is 2.49. The number of carbonyl (C=O) groups excluding carboxylic acids is 1. The number of hydrogen-bond acceptors (Lipinski definition) is 3.